The Bertz CT molecular complexity index is 1290. The first-order valence-electron chi connectivity index (χ1n) is 8.39. The zero-order valence-corrected chi connectivity index (χ0v) is 13.1. The van der Waals surface area contributed by atoms with Crippen LogP contribution in [0.5, 0.6) is 0 Å². The van der Waals surface area contributed by atoms with Crippen molar-refractivity contribution in [2.24, 2.45) is 0 Å². The zero-order valence-electron chi connectivity index (χ0n) is 13.1. The molecule has 0 heteroatoms. The van der Waals surface area contributed by atoms with E-state index in [9.17, 15) is 0 Å². The summed E-state index contributed by atoms with van der Waals surface area (Å²) in [4.78, 5) is 0. The van der Waals surface area contributed by atoms with Gasteiger partial charge in [0, 0.05) is 0 Å². The minimum atomic E-state index is 1.32. The first kappa shape index (κ1) is 12.3. The van der Waals surface area contributed by atoms with E-state index in [4.69, 9.17) is 0 Å². The van der Waals surface area contributed by atoms with Crippen LogP contribution < -0.4 is 0 Å². The highest BCUT2D eigenvalue weighted by Gasteiger charge is 2.24. The standard InChI is InChI=1S/C24H14/c1-3-9-17-15(7-1)13-22-19-11-5-6-12-20(19)23-18-10-4-2-8-16(18)14-21(17)24(22)23/h1-14H. The third-order valence-corrected chi connectivity index (χ3v) is 5.36. The smallest absolute Gasteiger partial charge is 0.00135 e. The molecule has 0 aromatic heterocycles. The molecule has 0 N–H and O–H groups in total. The molecule has 0 radical (unpaired) electrons. The fourth-order valence-corrected chi connectivity index (χ4v) is 4.36. The van der Waals surface area contributed by atoms with E-state index in [0.29, 0.717) is 0 Å². The summed E-state index contributed by atoms with van der Waals surface area (Å²) in [6.45, 7) is 0. The van der Waals surface area contributed by atoms with Gasteiger partial charge in [0.05, 0.1) is 0 Å². The molecule has 6 rings (SSSR count). The molecule has 0 fully saturated rings. The van der Waals surface area contributed by atoms with Crippen molar-refractivity contribution in [1.29, 1.82) is 0 Å². The third kappa shape index (κ3) is 1.39. The van der Waals surface area contributed by atoms with Gasteiger partial charge in [-0.1, -0.05) is 72.8 Å². The average molecular weight is 302 g/mol. The number of hydrogen-bond donors (Lipinski definition) is 0. The van der Waals surface area contributed by atoms with Gasteiger partial charge in [-0.3, -0.25) is 0 Å². The van der Waals surface area contributed by atoms with E-state index in [1.165, 1.54) is 54.6 Å². The maximum absolute atomic E-state index is 2.37. The molecule has 1 aliphatic carbocycles. The highest BCUT2D eigenvalue weighted by atomic mass is 14.3. The van der Waals surface area contributed by atoms with Crippen molar-refractivity contribution in [2.75, 3.05) is 0 Å². The molecule has 0 bridgehead atoms. The summed E-state index contributed by atoms with van der Waals surface area (Å²) >= 11 is 0. The molecule has 24 heavy (non-hydrogen) atoms. The van der Waals surface area contributed by atoms with Gasteiger partial charge in [0.25, 0.3) is 0 Å². The van der Waals surface area contributed by atoms with Crippen LogP contribution in [0.1, 0.15) is 0 Å². The number of rotatable bonds is 0. The Morgan fingerprint density at radius 1 is 0.417 bits per heavy atom. The summed E-state index contributed by atoms with van der Waals surface area (Å²) in [5.74, 6) is 0. The number of hydrogen-bond acceptors (Lipinski definition) is 0. The highest BCUT2D eigenvalue weighted by molar-refractivity contribution is 6.29. The minimum Gasteiger partial charge on any atom is -0.0616 e. The van der Waals surface area contributed by atoms with Crippen molar-refractivity contribution >= 4 is 32.3 Å². The van der Waals surface area contributed by atoms with Gasteiger partial charge in [-0.25, -0.2) is 0 Å². The van der Waals surface area contributed by atoms with Crippen LogP contribution in [0.15, 0.2) is 84.9 Å². The Labute approximate surface area is 140 Å². The quantitative estimate of drug-likeness (QED) is 0.214. The van der Waals surface area contributed by atoms with Crippen LogP contribution in [0.25, 0.3) is 54.6 Å². The van der Waals surface area contributed by atoms with Crippen LogP contribution >= 0.6 is 0 Å². The van der Waals surface area contributed by atoms with Gasteiger partial charge >= 0.3 is 0 Å². The van der Waals surface area contributed by atoms with Gasteiger partial charge in [0.15, 0.2) is 0 Å². The van der Waals surface area contributed by atoms with Crippen LogP contribution in [0.4, 0.5) is 0 Å². The van der Waals surface area contributed by atoms with E-state index in [-0.39, 0.29) is 0 Å². The number of fused-ring (bicyclic) bond motifs is 7. The molecule has 0 unspecified atom stereocenters. The van der Waals surface area contributed by atoms with Gasteiger partial charge in [-0.15, -0.1) is 0 Å². The lowest BCUT2D eigenvalue weighted by Gasteiger charge is -2.10. The summed E-state index contributed by atoms with van der Waals surface area (Å²) < 4.78 is 0. The van der Waals surface area contributed by atoms with Gasteiger partial charge < -0.3 is 0 Å². The second-order valence-corrected chi connectivity index (χ2v) is 6.59. The highest BCUT2D eigenvalue weighted by Crippen LogP contribution is 2.51. The minimum absolute atomic E-state index is 1.32. The topological polar surface area (TPSA) is 0 Å². The van der Waals surface area contributed by atoms with Crippen molar-refractivity contribution in [2.45, 2.75) is 0 Å². The zero-order chi connectivity index (χ0) is 15.7. The summed E-state index contributed by atoms with van der Waals surface area (Å²) in [6.07, 6.45) is 0. The summed E-state index contributed by atoms with van der Waals surface area (Å²) in [6, 6.07) is 31.1. The molecule has 5 aromatic carbocycles. The fraction of sp³-hybridized carbons (Fsp3) is 0. The largest absolute Gasteiger partial charge is 0.0616 e. The maximum atomic E-state index is 2.37. The molecule has 0 nitrogen and oxygen atoms in total. The summed E-state index contributed by atoms with van der Waals surface area (Å²) in [7, 11) is 0. The van der Waals surface area contributed by atoms with Crippen molar-refractivity contribution in [3.8, 4) is 22.3 Å². The molecule has 0 saturated carbocycles. The SMILES string of the molecule is c1ccc2c(c1)-c1cc3ccccc3c3cc4ccccc4c-2c13. The van der Waals surface area contributed by atoms with Gasteiger partial charge in [0.1, 0.15) is 0 Å². The molecule has 0 spiro atoms. The lowest BCUT2D eigenvalue weighted by atomic mass is 9.93. The first-order chi connectivity index (χ1) is 11.9. The predicted octanol–water partition coefficient (Wildman–Crippen LogP) is 6.79. The van der Waals surface area contributed by atoms with Crippen LogP contribution in [-0.4, -0.2) is 0 Å². The van der Waals surface area contributed by atoms with Crippen LogP contribution in [0, 0.1) is 0 Å². The van der Waals surface area contributed by atoms with E-state index < -0.39 is 0 Å². The van der Waals surface area contributed by atoms with Crippen LogP contribution in [-0.2, 0) is 0 Å². The van der Waals surface area contributed by atoms with Gasteiger partial charge in [0.2, 0.25) is 0 Å². The van der Waals surface area contributed by atoms with Crippen molar-refractivity contribution in [3.63, 3.8) is 0 Å². The molecular weight excluding hydrogens is 288 g/mol. The van der Waals surface area contributed by atoms with E-state index >= 15 is 0 Å². The Hall–Kier alpha value is -3.12. The second kappa shape index (κ2) is 4.24. The van der Waals surface area contributed by atoms with Crippen LogP contribution in [0.2, 0.25) is 0 Å². The summed E-state index contributed by atoms with van der Waals surface area (Å²) in [5.41, 5.74) is 5.50. The summed E-state index contributed by atoms with van der Waals surface area (Å²) in [5, 5.41) is 8.11. The van der Waals surface area contributed by atoms with Crippen molar-refractivity contribution in [1.82, 2.24) is 0 Å². The third-order valence-electron chi connectivity index (χ3n) is 5.36. The molecule has 1 aliphatic rings. The lowest BCUT2D eigenvalue weighted by molar-refractivity contribution is 1.70. The average Bonchev–Trinajstić information content (AvgIpc) is 2.98. The van der Waals surface area contributed by atoms with Gasteiger partial charge in [-0.2, -0.15) is 0 Å². The first-order valence-corrected chi connectivity index (χ1v) is 8.39. The van der Waals surface area contributed by atoms with E-state index in [2.05, 4.69) is 84.9 Å². The molecule has 0 aliphatic heterocycles. The monoisotopic (exact) mass is 302 g/mol. The Morgan fingerprint density at radius 3 is 1.88 bits per heavy atom. The van der Waals surface area contributed by atoms with Crippen LogP contribution in [0.3, 0.4) is 0 Å². The Balaban J connectivity index is 2.01. The maximum Gasteiger partial charge on any atom is -0.00135 e. The van der Waals surface area contributed by atoms with Crippen molar-refractivity contribution < 1.29 is 0 Å². The van der Waals surface area contributed by atoms with Gasteiger partial charge in [-0.05, 0) is 66.7 Å². The molecule has 0 amide bonds. The van der Waals surface area contributed by atoms with E-state index in [1.807, 2.05) is 0 Å². The van der Waals surface area contributed by atoms with E-state index in [1.54, 1.807) is 0 Å². The lowest BCUT2D eigenvalue weighted by Crippen LogP contribution is -1.83. The molecule has 0 atom stereocenters. The van der Waals surface area contributed by atoms with E-state index in [0.717, 1.165) is 0 Å². The fourth-order valence-electron chi connectivity index (χ4n) is 4.36. The molecule has 0 saturated heterocycles. The Kier molecular flexibility index (Phi) is 2.18. The molecule has 110 valence electrons. The second-order valence-electron chi connectivity index (χ2n) is 6.59. The normalized spacial score (nSPS) is 12.2. The molecule has 0 heterocycles. The molecule has 5 aromatic rings. The molecular formula is C24H14. The predicted molar refractivity (Wildman–Crippen MR) is 103 cm³/mol. The number of benzene rings is 5. The Morgan fingerprint density at radius 2 is 1.04 bits per heavy atom. The van der Waals surface area contributed by atoms with Crippen molar-refractivity contribution in [3.05, 3.63) is 84.9 Å².